The summed E-state index contributed by atoms with van der Waals surface area (Å²) in [6.45, 7) is 5.57. The minimum atomic E-state index is -0.313. The van der Waals surface area contributed by atoms with Crippen molar-refractivity contribution in [1.29, 1.82) is 0 Å². The van der Waals surface area contributed by atoms with Gasteiger partial charge in [-0.3, -0.25) is 15.0 Å². The molecule has 0 unspecified atom stereocenters. The van der Waals surface area contributed by atoms with Crippen LogP contribution in [0.3, 0.4) is 0 Å². The van der Waals surface area contributed by atoms with E-state index in [9.17, 15) is 10.1 Å². The van der Waals surface area contributed by atoms with E-state index in [-0.39, 0.29) is 10.6 Å². The molecule has 1 fully saturated rings. The quantitative estimate of drug-likeness (QED) is 0.686. The van der Waals surface area contributed by atoms with E-state index >= 15 is 0 Å². The summed E-state index contributed by atoms with van der Waals surface area (Å²) in [5.74, 6) is 0. The predicted molar refractivity (Wildman–Crippen MR) is 73.5 cm³/mol. The highest BCUT2D eigenvalue weighted by Gasteiger charge is 2.22. The molecule has 0 saturated carbocycles. The number of nitro groups is 1. The molecule has 18 heavy (non-hydrogen) atoms. The average molecular weight is 314 g/mol. The average Bonchev–Trinajstić information content (AvgIpc) is 2.34. The number of piperazine rings is 1. The summed E-state index contributed by atoms with van der Waals surface area (Å²) in [6.07, 6.45) is 0. The number of nitro benzene ring substituents is 1. The van der Waals surface area contributed by atoms with Crippen LogP contribution in [-0.2, 0) is 6.54 Å². The second-order valence-electron chi connectivity index (χ2n) is 4.55. The number of rotatable bonds is 3. The van der Waals surface area contributed by atoms with Crippen molar-refractivity contribution in [3.05, 3.63) is 38.3 Å². The Balaban J connectivity index is 2.20. The van der Waals surface area contributed by atoms with Crippen LogP contribution >= 0.6 is 15.9 Å². The van der Waals surface area contributed by atoms with Gasteiger partial charge in [0.05, 0.1) is 4.92 Å². The second kappa shape index (κ2) is 5.77. The molecule has 2 rings (SSSR count). The van der Waals surface area contributed by atoms with Crippen molar-refractivity contribution in [3.8, 4) is 0 Å². The normalized spacial score (nSPS) is 20.9. The van der Waals surface area contributed by atoms with Crippen molar-refractivity contribution in [2.24, 2.45) is 0 Å². The van der Waals surface area contributed by atoms with E-state index in [1.54, 1.807) is 6.07 Å². The first-order valence-electron chi connectivity index (χ1n) is 5.95. The van der Waals surface area contributed by atoms with E-state index in [1.807, 2.05) is 12.1 Å². The number of halogens is 1. The van der Waals surface area contributed by atoms with Crippen molar-refractivity contribution in [2.45, 2.75) is 19.5 Å². The number of hydrogen-bond acceptors (Lipinski definition) is 4. The van der Waals surface area contributed by atoms with Gasteiger partial charge in [0.25, 0.3) is 5.69 Å². The van der Waals surface area contributed by atoms with Crippen LogP contribution in [0.5, 0.6) is 0 Å². The Morgan fingerprint density at radius 1 is 1.61 bits per heavy atom. The highest BCUT2D eigenvalue weighted by molar-refractivity contribution is 9.10. The van der Waals surface area contributed by atoms with Crippen LogP contribution in [0.2, 0.25) is 0 Å². The van der Waals surface area contributed by atoms with Crippen molar-refractivity contribution in [3.63, 3.8) is 0 Å². The smallest absolute Gasteiger partial charge is 0.275 e. The molecule has 0 radical (unpaired) electrons. The van der Waals surface area contributed by atoms with Gasteiger partial charge in [0.2, 0.25) is 0 Å². The Labute approximate surface area is 114 Å². The minimum absolute atomic E-state index is 0.190. The third-order valence-corrected chi connectivity index (χ3v) is 3.75. The third kappa shape index (κ3) is 3.07. The number of nitrogens with one attached hydrogen (secondary N) is 1. The maximum absolute atomic E-state index is 11.1. The predicted octanol–water partition coefficient (Wildman–Crippen LogP) is 2.15. The van der Waals surface area contributed by atoms with E-state index in [0.717, 1.165) is 29.7 Å². The molecule has 0 aliphatic carbocycles. The fourth-order valence-electron chi connectivity index (χ4n) is 2.18. The molecule has 5 nitrogen and oxygen atoms in total. The van der Waals surface area contributed by atoms with E-state index in [0.29, 0.717) is 12.6 Å². The zero-order chi connectivity index (χ0) is 13.1. The Morgan fingerprint density at radius 3 is 3.06 bits per heavy atom. The Morgan fingerprint density at radius 2 is 2.39 bits per heavy atom. The van der Waals surface area contributed by atoms with Crippen molar-refractivity contribution in [1.82, 2.24) is 10.2 Å². The van der Waals surface area contributed by atoms with Crippen LogP contribution in [0.15, 0.2) is 22.7 Å². The molecule has 1 heterocycles. The molecule has 98 valence electrons. The second-order valence-corrected chi connectivity index (χ2v) is 5.47. The largest absolute Gasteiger partial charge is 0.314 e. The topological polar surface area (TPSA) is 58.4 Å². The summed E-state index contributed by atoms with van der Waals surface area (Å²) >= 11 is 3.27. The van der Waals surface area contributed by atoms with Gasteiger partial charge in [-0.15, -0.1) is 0 Å². The molecule has 1 aromatic rings. The molecule has 1 aromatic carbocycles. The molecule has 1 aliphatic heterocycles. The number of benzene rings is 1. The maximum atomic E-state index is 11.1. The molecular weight excluding hydrogens is 298 g/mol. The Bertz CT molecular complexity index is 453. The van der Waals surface area contributed by atoms with Crippen molar-refractivity contribution in [2.75, 3.05) is 19.6 Å². The summed E-state index contributed by atoms with van der Waals surface area (Å²) in [5.41, 5.74) is 0.965. The van der Waals surface area contributed by atoms with Gasteiger partial charge in [-0.05, 0) is 19.1 Å². The highest BCUT2D eigenvalue weighted by atomic mass is 79.9. The summed E-state index contributed by atoms with van der Waals surface area (Å²) in [4.78, 5) is 13.0. The molecule has 1 saturated heterocycles. The Kier molecular flexibility index (Phi) is 4.31. The van der Waals surface area contributed by atoms with Crippen LogP contribution in [0, 0.1) is 10.1 Å². The third-order valence-electron chi connectivity index (χ3n) is 3.26. The van der Waals surface area contributed by atoms with E-state index in [4.69, 9.17) is 0 Å². The zero-order valence-electron chi connectivity index (χ0n) is 10.2. The fourth-order valence-corrected chi connectivity index (χ4v) is 2.53. The lowest BCUT2D eigenvalue weighted by Crippen LogP contribution is -2.49. The van der Waals surface area contributed by atoms with E-state index in [2.05, 4.69) is 33.1 Å². The monoisotopic (exact) mass is 313 g/mol. The van der Waals surface area contributed by atoms with Gasteiger partial charge < -0.3 is 5.32 Å². The number of hydrogen-bond donors (Lipinski definition) is 1. The lowest BCUT2D eigenvalue weighted by Gasteiger charge is -2.33. The standard InChI is InChI=1S/C12H16BrN3O2/c1-9-7-14-4-5-15(9)8-10-2-3-11(13)6-12(10)16(17)18/h2-3,6,9,14H,4-5,7-8H2,1H3/t9-/m1/s1. The highest BCUT2D eigenvalue weighted by Crippen LogP contribution is 2.25. The van der Waals surface area contributed by atoms with Crippen LogP contribution in [0.25, 0.3) is 0 Å². The molecule has 0 aromatic heterocycles. The molecule has 1 atom stereocenters. The van der Waals surface area contributed by atoms with Crippen molar-refractivity contribution < 1.29 is 4.92 Å². The summed E-state index contributed by atoms with van der Waals surface area (Å²) in [6, 6.07) is 5.66. The van der Waals surface area contributed by atoms with Crippen LogP contribution in [0.4, 0.5) is 5.69 Å². The lowest BCUT2D eigenvalue weighted by atomic mass is 10.1. The fraction of sp³-hybridized carbons (Fsp3) is 0.500. The maximum Gasteiger partial charge on any atom is 0.275 e. The van der Waals surface area contributed by atoms with Gasteiger partial charge in [0.1, 0.15) is 0 Å². The first-order chi connectivity index (χ1) is 8.58. The number of nitrogens with zero attached hydrogens (tertiary/aromatic N) is 2. The summed E-state index contributed by atoms with van der Waals surface area (Å²) < 4.78 is 0.742. The van der Waals surface area contributed by atoms with Crippen LogP contribution in [-0.4, -0.2) is 35.5 Å². The first-order valence-corrected chi connectivity index (χ1v) is 6.75. The van der Waals surface area contributed by atoms with Crippen LogP contribution in [0.1, 0.15) is 12.5 Å². The molecule has 0 bridgehead atoms. The van der Waals surface area contributed by atoms with Crippen LogP contribution < -0.4 is 5.32 Å². The molecule has 1 N–H and O–H groups in total. The summed E-state index contributed by atoms with van der Waals surface area (Å²) in [7, 11) is 0. The Hall–Kier alpha value is -0.980. The van der Waals surface area contributed by atoms with Gasteiger partial charge in [-0.2, -0.15) is 0 Å². The molecule has 0 spiro atoms. The van der Waals surface area contributed by atoms with Crippen molar-refractivity contribution >= 4 is 21.6 Å². The van der Waals surface area contributed by atoms with Gasteiger partial charge >= 0.3 is 0 Å². The van der Waals surface area contributed by atoms with E-state index < -0.39 is 0 Å². The van der Waals surface area contributed by atoms with Gasteiger partial charge in [0.15, 0.2) is 0 Å². The van der Waals surface area contributed by atoms with E-state index in [1.165, 1.54) is 0 Å². The summed E-state index contributed by atoms with van der Waals surface area (Å²) in [5, 5.41) is 14.4. The minimum Gasteiger partial charge on any atom is -0.314 e. The zero-order valence-corrected chi connectivity index (χ0v) is 11.8. The molecule has 6 heteroatoms. The molecule has 1 aliphatic rings. The lowest BCUT2D eigenvalue weighted by molar-refractivity contribution is -0.385. The van der Waals surface area contributed by atoms with Gasteiger partial charge in [-0.1, -0.05) is 15.9 Å². The van der Waals surface area contributed by atoms with Gasteiger partial charge in [0, 0.05) is 48.3 Å². The molecule has 0 amide bonds. The first kappa shape index (κ1) is 13.5. The SMILES string of the molecule is C[C@@H]1CNCCN1Cc1ccc(Br)cc1[N+](=O)[O-]. The van der Waals surface area contributed by atoms with Gasteiger partial charge in [-0.25, -0.2) is 0 Å². The molecular formula is C12H16BrN3O2.